The third-order valence-corrected chi connectivity index (χ3v) is 2.42. The smallest absolute Gasteiger partial charge is 0.341 e. The number of hydrogen-bond acceptors (Lipinski definition) is 3. The lowest BCUT2D eigenvalue weighted by molar-refractivity contribution is 1.08. The van der Waals surface area contributed by atoms with E-state index in [-0.39, 0.29) is 5.69 Å². The van der Waals surface area contributed by atoms with Gasteiger partial charge in [0, 0.05) is 11.9 Å². The fraction of sp³-hybridized carbons (Fsp3) is 0.167. The van der Waals surface area contributed by atoms with Gasteiger partial charge in [-0.2, -0.15) is 0 Å². The number of aromatic amines is 1. The van der Waals surface area contributed by atoms with Gasteiger partial charge in [0.2, 0.25) is 0 Å². The number of H-pyrrole nitrogens is 1. The highest BCUT2D eigenvalue weighted by Crippen LogP contribution is 2.22. The van der Waals surface area contributed by atoms with E-state index in [1.165, 1.54) is 6.20 Å². The highest BCUT2D eigenvalue weighted by Gasteiger charge is 2.02. The van der Waals surface area contributed by atoms with Gasteiger partial charge in [0.15, 0.2) is 0 Å². The van der Waals surface area contributed by atoms with E-state index in [0.717, 1.165) is 16.8 Å². The quantitative estimate of drug-likeness (QED) is 0.806. The minimum absolute atomic E-state index is 0.351. The van der Waals surface area contributed by atoms with Crippen molar-refractivity contribution in [3.8, 4) is 0 Å². The SMILES string of the molecule is Cc1cccc(C)c1Nc1ccnc(=O)[nH]1. The predicted octanol–water partition coefficient (Wildman–Crippen LogP) is 2.13. The van der Waals surface area contributed by atoms with Gasteiger partial charge in [-0.05, 0) is 31.0 Å². The van der Waals surface area contributed by atoms with Gasteiger partial charge in [-0.3, -0.25) is 4.98 Å². The summed E-state index contributed by atoms with van der Waals surface area (Å²) in [6.07, 6.45) is 1.48. The molecule has 1 aromatic heterocycles. The summed E-state index contributed by atoms with van der Waals surface area (Å²) in [5.41, 5.74) is 2.94. The Kier molecular flexibility index (Phi) is 2.72. The molecule has 0 radical (unpaired) electrons. The van der Waals surface area contributed by atoms with Gasteiger partial charge in [-0.25, -0.2) is 9.78 Å². The summed E-state index contributed by atoms with van der Waals surface area (Å²) >= 11 is 0. The Morgan fingerprint density at radius 1 is 1.19 bits per heavy atom. The highest BCUT2D eigenvalue weighted by atomic mass is 16.1. The van der Waals surface area contributed by atoms with Gasteiger partial charge in [0.1, 0.15) is 5.82 Å². The van der Waals surface area contributed by atoms with Crippen LogP contribution < -0.4 is 11.0 Å². The Hall–Kier alpha value is -2.10. The molecule has 4 nitrogen and oxygen atoms in total. The number of hydrogen-bond donors (Lipinski definition) is 2. The molecule has 0 fully saturated rings. The van der Waals surface area contributed by atoms with Gasteiger partial charge >= 0.3 is 5.69 Å². The second-order valence-corrected chi connectivity index (χ2v) is 3.68. The molecule has 0 bridgehead atoms. The third kappa shape index (κ3) is 2.11. The average molecular weight is 215 g/mol. The first kappa shape index (κ1) is 10.4. The van der Waals surface area contributed by atoms with Gasteiger partial charge in [-0.1, -0.05) is 18.2 Å². The number of aromatic nitrogens is 2. The molecule has 0 aliphatic heterocycles. The van der Waals surface area contributed by atoms with E-state index < -0.39 is 0 Å². The minimum Gasteiger partial charge on any atom is -0.341 e. The van der Waals surface area contributed by atoms with Crippen LogP contribution in [0.4, 0.5) is 11.5 Å². The molecule has 2 aromatic rings. The van der Waals surface area contributed by atoms with Crippen molar-refractivity contribution in [3.05, 3.63) is 52.1 Å². The fourth-order valence-corrected chi connectivity index (χ4v) is 1.59. The van der Waals surface area contributed by atoms with E-state index >= 15 is 0 Å². The van der Waals surface area contributed by atoms with Gasteiger partial charge < -0.3 is 5.32 Å². The summed E-state index contributed by atoms with van der Waals surface area (Å²) in [4.78, 5) is 17.3. The maximum absolute atomic E-state index is 11.0. The van der Waals surface area contributed by atoms with Crippen molar-refractivity contribution in [1.82, 2.24) is 9.97 Å². The van der Waals surface area contributed by atoms with Crippen molar-refractivity contribution < 1.29 is 0 Å². The molecule has 2 rings (SSSR count). The summed E-state index contributed by atoms with van der Waals surface area (Å²) in [5.74, 6) is 0.650. The van der Waals surface area contributed by atoms with Crippen LogP contribution in [0.5, 0.6) is 0 Å². The zero-order chi connectivity index (χ0) is 11.5. The lowest BCUT2D eigenvalue weighted by Gasteiger charge is -2.11. The Morgan fingerprint density at radius 2 is 1.88 bits per heavy atom. The second-order valence-electron chi connectivity index (χ2n) is 3.68. The molecule has 0 spiro atoms. The number of anilines is 2. The van der Waals surface area contributed by atoms with Crippen LogP contribution in [0.2, 0.25) is 0 Å². The molecule has 2 N–H and O–H groups in total. The van der Waals surface area contributed by atoms with E-state index in [9.17, 15) is 4.79 Å². The lowest BCUT2D eigenvalue weighted by atomic mass is 10.1. The summed E-state index contributed by atoms with van der Waals surface area (Å²) in [6, 6.07) is 7.78. The van der Waals surface area contributed by atoms with Crippen LogP contribution in [-0.4, -0.2) is 9.97 Å². The molecule has 0 aliphatic carbocycles. The Morgan fingerprint density at radius 3 is 2.50 bits per heavy atom. The molecular formula is C12H13N3O. The predicted molar refractivity (Wildman–Crippen MR) is 64.1 cm³/mol. The Labute approximate surface area is 93.4 Å². The molecule has 1 aromatic carbocycles. The first-order chi connectivity index (χ1) is 7.66. The summed E-state index contributed by atoms with van der Waals surface area (Å²) in [6.45, 7) is 4.04. The zero-order valence-corrected chi connectivity index (χ0v) is 9.24. The first-order valence-corrected chi connectivity index (χ1v) is 5.05. The minimum atomic E-state index is -0.351. The van der Waals surface area contributed by atoms with Crippen LogP contribution in [-0.2, 0) is 0 Å². The lowest BCUT2D eigenvalue weighted by Crippen LogP contribution is -2.11. The normalized spacial score (nSPS) is 10.1. The zero-order valence-electron chi connectivity index (χ0n) is 9.24. The molecule has 0 atom stereocenters. The summed E-state index contributed by atoms with van der Waals surface area (Å²) in [7, 11) is 0. The van der Waals surface area contributed by atoms with E-state index in [1.807, 2.05) is 32.0 Å². The molecule has 0 amide bonds. The van der Waals surface area contributed by atoms with E-state index in [4.69, 9.17) is 0 Å². The molecule has 0 aliphatic rings. The number of nitrogens with zero attached hydrogens (tertiary/aromatic N) is 1. The summed E-state index contributed by atoms with van der Waals surface area (Å²) in [5, 5.41) is 3.19. The molecule has 1 heterocycles. The van der Waals surface area contributed by atoms with Gasteiger partial charge in [0.25, 0.3) is 0 Å². The van der Waals surface area contributed by atoms with Crippen LogP contribution in [0.25, 0.3) is 0 Å². The molecule has 16 heavy (non-hydrogen) atoms. The van der Waals surface area contributed by atoms with Crippen molar-refractivity contribution in [2.75, 3.05) is 5.32 Å². The number of nitrogens with one attached hydrogen (secondary N) is 2. The van der Waals surface area contributed by atoms with Crippen LogP contribution in [0.15, 0.2) is 35.3 Å². The van der Waals surface area contributed by atoms with Crippen LogP contribution in [0, 0.1) is 13.8 Å². The van der Waals surface area contributed by atoms with Crippen LogP contribution in [0.1, 0.15) is 11.1 Å². The average Bonchev–Trinajstić information content (AvgIpc) is 2.24. The molecule has 0 unspecified atom stereocenters. The number of rotatable bonds is 2. The van der Waals surface area contributed by atoms with Crippen LogP contribution >= 0.6 is 0 Å². The van der Waals surface area contributed by atoms with E-state index in [1.54, 1.807) is 6.07 Å². The van der Waals surface area contributed by atoms with Crippen molar-refractivity contribution in [1.29, 1.82) is 0 Å². The van der Waals surface area contributed by atoms with Gasteiger partial charge in [-0.15, -0.1) is 0 Å². The van der Waals surface area contributed by atoms with Crippen molar-refractivity contribution in [2.45, 2.75) is 13.8 Å². The Balaban J connectivity index is 2.38. The summed E-state index contributed by atoms with van der Waals surface area (Å²) < 4.78 is 0. The maximum atomic E-state index is 11.0. The number of benzene rings is 1. The monoisotopic (exact) mass is 215 g/mol. The first-order valence-electron chi connectivity index (χ1n) is 5.05. The maximum Gasteiger partial charge on any atom is 0.346 e. The second kappa shape index (κ2) is 4.18. The van der Waals surface area contributed by atoms with E-state index in [2.05, 4.69) is 15.3 Å². The third-order valence-electron chi connectivity index (χ3n) is 2.42. The van der Waals surface area contributed by atoms with E-state index in [0.29, 0.717) is 5.82 Å². The molecule has 0 saturated heterocycles. The molecule has 82 valence electrons. The molecular weight excluding hydrogens is 202 g/mol. The highest BCUT2D eigenvalue weighted by molar-refractivity contribution is 5.63. The molecule has 4 heteroatoms. The van der Waals surface area contributed by atoms with Crippen molar-refractivity contribution >= 4 is 11.5 Å². The molecule has 0 saturated carbocycles. The number of para-hydroxylation sites is 1. The van der Waals surface area contributed by atoms with Crippen molar-refractivity contribution in [3.63, 3.8) is 0 Å². The van der Waals surface area contributed by atoms with Crippen LogP contribution in [0.3, 0.4) is 0 Å². The largest absolute Gasteiger partial charge is 0.346 e. The topological polar surface area (TPSA) is 57.8 Å². The Bertz CT molecular complexity index is 540. The standard InChI is InChI=1S/C12H13N3O/c1-8-4-3-5-9(2)11(8)14-10-6-7-13-12(16)15-10/h3-7H,1-2H3,(H2,13,14,15,16). The van der Waals surface area contributed by atoms with Crippen molar-refractivity contribution in [2.24, 2.45) is 0 Å². The number of aryl methyl sites for hydroxylation is 2. The van der Waals surface area contributed by atoms with Gasteiger partial charge in [0.05, 0.1) is 0 Å². The fourth-order valence-electron chi connectivity index (χ4n) is 1.59.